The molecule has 0 aliphatic rings. The summed E-state index contributed by atoms with van der Waals surface area (Å²) in [6.45, 7) is 0.599. The van der Waals surface area contributed by atoms with E-state index in [1.54, 1.807) is 18.3 Å². The minimum atomic E-state index is -0.317. The fourth-order valence-corrected chi connectivity index (χ4v) is 1.96. The lowest BCUT2D eigenvalue weighted by molar-refractivity contribution is 0.499. The summed E-state index contributed by atoms with van der Waals surface area (Å²) >= 11 is 3.20. The summed E-state index contributed by atoms with van der Waals surface area (Å²) < 4.78 is 19.3. The van der Waals surface area contributed by atoms with Gasteiger partial charge < -0.3 is 10.2 Å². The van der Waals surface area contributed by atoms with Crippen LogP contribution in [0.25, 0.3) is 11.3 Å². The van der Waals surface area contributed by atoms with E-state index in [-0.39, 0.29) is 5.82 Å². The highest BCUT2D eigenvalue weighted by molar-refractivity contribution is 9.10. The fraction of sp³-hybridized carbons (Fsp3) is 0.250. The summed E-state index contributed by atoms with van der Waals surface area (Å²) in [7, 11) is 0. The van der Waals surface area contributed by atoms with Gasteiger partial charge >= 0.3 is 0 Å². The molecule has 0 aliphatic carbocycles. The number of halogens is 2. The molecule has 0 atom stereocenters. The Labute approximate surface area is 107 Å². The van der Waals surface area contributed by atoms with Crippen LogP contribution in [0, 0.1) is 5.82 Å². The van der Waals surface area contributed by atoms with Crippen LogP contribution in [-0.4, -0.2) is 11.5 Å². The van der Waals surface area contributed by atoms with Gasteiger partial charge in [-0.1, -0.05) is 6.07 Å². The largest absolute Gasteiger partial charge is 0.441 e. The van der Waals surface area contributed by atoms with Crippen molar-refractivity contribution in [2.45, 2.75) is 12.8 Å². The minimum Gasteiger partial charge on any atom is -0.441 e. The van der Waals surface area contributed by atoms with Crippen LogP contribution in [0.5, 0.6) is 0 Å². The zero-order valence-corrected chi connectivity index (χ0v) is 10.7. The van der Waals surface area contributed by atoms with Gasteiger partial charge in [-0.05, 0) is 41.0 Å². The molecule has 0 saturated heterocycles. The van der Waals surface area contributed by atoms with Crippen molar-refractivity contribution in [3.05, 3.63) is 40.6 Å². The zero-order valence-electron chi connectivity index (χ0n) is 9.12. The number of benzene rings is 1. The van der Waals surface area contributed by atoms with Crippen LogP contribution in [-0.2, 0) is 6.42 Å². The second-order valence-corrected chi connectivity index (χ2v) is 4.40. The third-order valence-corrected chi connectivity index (χ3v) is 3.17. The number of hydrogen-bond acceptors (Lipinski definition) is 3. The van der Waals surface area contributed by atoms with Gasteiger partial charge in [-0.15, -0.1) is 0 Å². The predicted octanol–water partition coefficient (Wildman–Crippen LogP) is 3.13. The second-order valence-electron chi connectivity index (χ2n) is 3.61. The van der Waals surface area contributed by atoms with Crippen LogP contribution in [0.4, 0.5) is 4.39 Å². The molecule has 0 aliphatic heterocycles. The molecule has 0 fully saturated rings. The molecule has 5 heteroatoms. The number of rotatable bonds is 4. The van der Waals surface area contributed by atoms with Crippen LogP contribution >= 0.6 is 15.9 Å². The molecule has 2 N–H and O–H groups in total. The van der Waals surface area contributed by atoms with E-state index >= 15 is 0 Å². The SMILES string of the molecule is NCCCc1ncc(-c2cccc(F)c2Br)o1. The van der Waals surface area contributed by atoms with Gasteiger partial charge in [0.2, 0.25) is 0 Å². The van der Waals surface area contributed by atoms with E-state index in [4.69, 9.17) is 10.2 Å². The van der Waals surface area contributed by atoms with Crippen LogP contribution in [0.2, 0.25) is 0 Å². The first-order valence-corrected chi connectivity index (χ1v) is 6.11. The average Bonchev–Trinajstić information content (AvgIpc) is 2.78. The Bertz CT molecular complexity index is 513. The molecule has 17 heavy (non-hydrogen) atoms. The first-order valence-electron chi connectivity index (χ1n) is 5.31. The molecule has 90 valence electrons. The number of aromatic nitrogens is 1. The van der Waals surface area contributed by atoms with Crippen molar-refractivity contribution < 1.29 is 8.81 Å². The van der Waals surface area contributed by atoms with Crippen molar-refractivity contribution in [2.75, 3.05) is 6.54 Å². The Morgan fingerprint density at radius 3 is 3.00 bits per heavy atom. The molecule has 0 bridgehead atoms. The lowest BCUT2D eigenvalue weighted by Crippen LogP contribution is -2.00. The lowest BCUT2D eigenvalue weighted by atomic mass is 10.2. The van der Waals surface area contributed by atoms with E-state index in [2.05, 4.69) is 20.9 Å². The van der Waals surface area contributed by atoms with Gasteiger partial charge in [0.25, 0.3) is 0 Å². The second kappa shape index (κ2) is 5.42. The molecular weight excluding hydrogens is 287 g/mol. The average molecular weight is 299 g/mol. The van der Waals surface area contributed by atoms with Crippen molar-refractivity contribution >= 4 is 15.9 Å². The molecule has 1 aromatic heterocycles. The molecule has 2 aromatic rings. The smallest absolute Gasteiger partial charge is 0.194 e. The maximum Gasteiger partial charge on any atom is 0.194 e. The molecular formula is C12H12BrFN2O. The number of hydrogen-bond donors (Lipinski definition) is 1. The summed E-state index contributed by atoms with van der Waals surface area (Å²) in [6.07, 6.45) is 3.12. The Morgan fingerprint density at radius 1 is 1.41 bits per heavy atom. The van der Waals surface area contributed by atoms with E-state index in [1.807, 2.05) is 0 Å². The summed E-state index contributed by atoms with van der Waals surface area (Å²) in [5.74, 6) is 0.868. The Morgan fingerprint density at radius 2 is 2.24 bits per heavy atom. The number of nitrogens with zero attached hydrogens (tertiary/aromatic N) is 1. The van der Waals surface area contributed by atoms with E-state index in [9.17, 15) is 4.39 Å². The number of aryl methyl sites for hydroxylation is 1. The van der Waals surface area contributed by atoms with Gasteiger partial charge in [0.15, 0.2) is 11.7 Å². The monoisotopic (exact) mass is 298 g/mol. The molecule has 1 heterocycles. The maximum absolute atomic E-state index is 13.3. The van der Waals surface area contributed by atoms with Crippen molar-refractivity contribution in [1.29, 1.82) is 0 Å². The summed E-state index contributed by atoms with van der Waals surface area (Å²) in [5.41, 5.74) is 6.08. The van der Waals surface area contributed by atoms with Gasteiger partial charge in [-0.3, -0.25) is 0 Å². The van der Waals surface area contributed by atoms with Crippen molar-refractivity contribution in [3.8, 4) is 11.3 Å². The third-order valence-electron chi connectivity index (χ3n) is 2.37. The van der Waals surface area contributed by atoms with Gasteiger partial charge in [0.05, 0.1) is 10.7 Å². The Balaban J connectivity index is 2.27. The van der Waals surface area contributed by atoms with Crippen molar-refractivity contribution in [1.82, 2.24) is 4.98 Å². The van der Waals surface area contributed by atoms with E-state index in [0.29, 0.717) is 34.7 Å². The first kappa shape index (κ1) is 12.3. The standard InChI is InChI=1S/C12H12BrFN2O/c13-12-8(3-1-4-9(12)14)10-7-16-11(17-10)5-2-6-15/h1,3-4,7H,2,5-6,15H2. The lowest BCUT2D eigenvalue weighted by Gasteiger charge is -2.00. The summed E-state index contributed by atoms with van der Waals surface area (Å²) in [4.78, 5) is 4.14. The van der Waals surface area contributed by atoms with E-state index < -0.39 is 0 Å². The topological polar surface area (TPSA) is 52.0 Å². The van der Waals surface area contributed by atoms with Crippen LogP contribution in [0.3, 0.4) is 0 Å². The zero-order chi connectivity index (χ0) is 12.3. The Hall–Kier alpha value is -1.20. The van der Waals surface area contributed by atoms with Gasteiger partial charge in [-0.25, -0.2) is 9.37 Å². The third kappa shape index (κ3) is 2.73. The number of oxazole rings is 1. The maximum atomic E-state index is 13.3. The van der Waals surface area contributed by atoms with Gasteiger partial charge in [-0.2, -0.15) is 0 Å². The fourth-order valence-electron chi connectivity index (χ4n) is 1.50. The van der Waals surface area contributed by atoms with E-state index in [0.717, 1.165) is 6.42 Å². The van der Waals surface area contributed by atoms with Gasteiger partial charge in [0.1, 0.15) is 5.82 Å². The van der Waals surface area contributed by atoms with Crippen LogP contribution < -0.4 is 5.73 Å². The highest BCUT2D eigenvalue weighted by Gasteiger charge is 2.11. The minimum absolute atomic E-state index is 0.317. The quantitative estimate of drug-likeness (QED) is 0.943. The summed E-state index contributed by atoms with van der Waals surface area (Å²) in [5, 5.41) is 0. The molecule has 0 radical (unpaired) electrons. The highest BCUT2D eigenvalue weighted by atomic mass is 79.9. The molecule has 2 rings (SSSR count). The highest BCUT2D eigenvalue weighted by Crippen LogP contribution is 2.30. The predicted molar refractivity (Wildman–Crippen MR) is 67.0 cm³/mol. The van der Waals surface area contributed by atoms with E-state index in [1.165, 1.54) is 6.07 Å². The molecule has 3 nitrogen and oxygen atoms in total. The van der Waals surface area contributed by atoms with Crippen LogP contribution in [0.1, 0.15) is 12.3 Å². The Kier molecular flexibility index (Phi) is 3.91. The molecule has 0 unspecified atom stereocenters. The number of nitrogens with two attached hydrogens (primary N) is 1. The normalized spacial score (nSPS) is 10.8. The van der Waals surface area contributed by atoms with Gasteiger partial charge in [0, 0.05) is 12.0 Å². The molecule has 1 aromatic carbocycles. The van der Waals surface area contributed by atoms with Crippen molar-refractivity contribution in [3.63, 3.8) is 0 Å². The first-order chi connectivity index (χ1) is 8.22. The van der Waals surface area contributed by atoms with Crippen molar-refractivity contribution in [2.24, 2.45) is 5.73 Å². The van der Waals surface area contributed by atoms with Crippen LogP contribution in [0.15, 0.2) is 33.3 Å². The molecule has 0 saturated carbocycles. The molecule has 0 amide bonds. The molecule has 0 spiro atoms. The summed E-state index contributed by atoms with van der Waals surface area (Å²) in [6, 6.07) is 4.80.